The van der Waals surface area contributed by atoms with Crippen molar-refractivity contribution in [3.05, 3.63) is 17.0 Å². The van der Waals surface area contributed by atoms with Crippen LogP contribution in [0.3, 0.4) is 0 Å². The van der Waals surface area contributed by atoms with Crippen LogP contribution in [0.4, 0.5) is 0 Å². The van der Waals surface area contributed by atoms with Crippen molar-refractivity contribution in [2.45, 2.75) is 53.1 Å². The number of aliphatic hydroxyl groups excluding tert-OH is 1. The molecule has 0 bridgehead atoms. The molecule has 0 aliphatic heterocycles. The lowest BCUT2D eigenvalue weighted by molar-refractivity contribution is -0.121. The predicted molar refractivity (Wildman–Crippen MR) is 79.5 cm³/mol. The second kappa shape index (κ2) is 7.43. The fraction of sp³-hybridized carbons (Fsp3) is 0.733. The molecule has 1 aromatic heterocycles. The Morgan fingerprint density at radius 3 is 2.55 bits per heavy atom. The molecule has 0 saturated carbocycles. The Morgan fingerprint density at radius 2 is 2.05 bits per heavy atom. The number of nitrogens with one attached hydrogen (secondary N) is 1. The van der Waals surface area contributed by atoms with Gasteiger partial charge in [-0.1, -0.05) is 6.92 Å². The molecule has 114 valence electrons. The van der Waals surface area contributed by atoms with Gasteiger partial charge in [0.05, 0.1) is 11.8 Å². The summed E-state index contributed by atoms with van der Waals surface area (Å²) in [6.45, 7) is 8.42. The molecule has 1 aromatic rings. The van der Waals surface area contributed by atoms with Crippen molar-refractivity contribution in [3.8, 4) is 0 Å². The highest BCUT2D eigenvalue weighted by atomic mass is 16.3. The van der Waals surface area contributed by atoms with E-state index in [4.69, 9.17) is 0 Å². The minimum atomic E-state index is -0.317. The van der Waals surface area contributed by atoms with Crippen LogP contribution in [0.5, 0.6) is 0 Å². The van der Waals surface area contributed by atoms with Crippen LogP contribution in [0.15, 0.2) is 0 Å². The molecule has 2 unspecified atom stereocenters. The van der Waals surface area contributed by atoms with E-state index in [1.807, 2.05) is 32.5 Å². The summed E-state index contributed by atoms with van der Waals surface area (Å²) in [5, 5.41) is 16.6. The van der Waals surface area contributed by atoms with Gasteiger partial charge in [-0.2, -0.15) is 5.10 Å². The van der Waals surface area contributed by atoms with Gasteiger partial charge in [0.2, 0.25) is 5.91 Å². The Bertz CT molecular complexity index is 452. The van der Waals surface area contributed by atoms with Crippen molar-refractivity contribution < 1.29 is 9.90 Å². The van der Waals surface area contributed by atoms with E-state index in [1.165, 1.54) is 5.56 Å². The molecule has 0 saturated heterocycles. The van der Waals surface area contributed by atoms with Crippen LogP contribution in [-0.4, -0.2) is 33.4 Å². The monoisotopic (exact) mass is 281 g/mol. The van der Waals surface area contributed by atoms with Crippen molar-refractivity contribution in [1.82, 2.24) is 15.1 Å². The zero-order valence-electron chi connectivity index (χ0n) is 13.2. The molecule has 0 aliphatic carbocycles. The van der Waals surface area contributed by atoms with Crippen molar-refractivity contribution in [2.75, 3.05) is 6.54 Å². The predicted octanol–water partition coefficient (Wildman–Crippen LogP) is 1.49. The first kappa shape index (κ1) is 16.7. The molecule has 0 aromatic carbocycles. The van der Waals surface area contributed by atoms with Crippen LogP contribution in [-0.2, 0) is 18.3 Å². The summed E-state index contributed by atoms with van der Waals surface area (Å²) >= 11 is 0. The summed E-state index contributed by atoms with van der Waals surface area (Å²) in [7, 11) is 1.92. The lowest BCUT2D eigenvalue weighted by atomic mass is 10.0. The fourth-order valence-corrected chi connectivity index (χ4v) is 2.46. The Kier molecular flexibility index (Phi) is 6.20. The molecular formula is C15H27N3O2. The number of hydrogen-bond donors (Lipinski definition) is 2. The number of hydrogen-bond acceptors (Lipinski definition) is 3. The van der Waals surface area contributed by atoms with Gasteiger partial charge in [0, 0.05) is 25.7 Å². The van der Waals surface area contributed by atoms with Gasteiger partial charge in [0.1, 0.15) is 0 Å². The van der Waals surface area contributed by atoms with Gasteiger partial charge >= 0.3 is 0 Å². The molecule has 2 atom stereocenters. The van der Waals surface area contributed by atoms with Crippen molar-refractivity contribution in [1.29, 1.82) is 0 Å². The number of carbonyl (C=O) groups is 1. The average molecular weight is 281 g/mol. The van der Waals surface area contributed by atoms with Crippen molar-refractivity contribution >= 4 is 5.91 Å². The first-order valence-corrected chi connectivity index (χ1v) is 7.25. The number of aliphatic hydroxyl groups is 1. The van der Waals surface area contributed by atoms with Gasteiger partial charge in [0.15, 0.2) is 0 Å². The van der Waals surface area contributed by atoms with E-state index < -0.39 is 0 Å². The second-order valence-electron chi connectivity index (χ2n) is 5.77. The topological polar surface area (TPSA) is 67.2 Å². The molecule has 1 rings (SSSR count). The van der Waals surface area contributed by atoms with Gasteiger partial charge in [-0.15, -0.1) is 0 Å². The summed E-state index contributed by atoms with van der Waals surface area (Å²) < 4.78 is 1.85. The smallest absolute Gasteiger partial charge is 0.220 e. The molecule has 0 fully saturated rings. The summed E-state index contributed by atoms with van der Waals surface area (Å²) in [4.78, 5) is 11.8. The van der Waals surface area contributed by atoms with Gasteiger partial charge in [-0.3, -0.25) is 9.48 Å². The van der Waals surface area contributed by atoms with Gasteiger partial charge in [0.25, 0.3) is 0 Å². The van der Waals surface area contributed by atoms with Crippen LogP contribution in [0, 0.1) is 19.8 Å². The summed E-state index contributed by atoms with van der Waals surface area (Å²) in [5.74, 6) is 0.353. The summed E-state index contributed by atoms with van der Waals surface area (Å²) in [6.07, 6.45) is 1.60. The second-order valence-corrected chi connectivity index (χ2v) is 5.77. The molecule has 20 heavy (non-hydrogen) atoms. The number of rotatable bonds is 7. The Morgan fingerprint density at radius 1 is 1.40 bits per heavy atom. The van der Waals surface area contributed by atoms with E-state index in [9.17, 15) is 9.90 Å². The van der Waals surface area contributed by atoms with Gasteiger partial charge in [-0.25, -0.2) is 0 Å². The van der Waals surface area contributed by atoms with Crippen LogP contribution < -0.4 is 5.32 Å². The Hall–Kier alpha value is -1.36. The molecule has 1 heterocycles. The molecular weight excluding hydrogens is 254 g/mol. The first-order valence-electron chi connectivity index (χ1n) is 7.25. The zero-order valence-corrected chi connectivity index (χ0v) is 13.2. The van der Waals surface area contributed by atoms with E-state index >= 15 is 0 Å². The SMILES string of the molecule is Cc1nn(C)c(C)c1CCC(=O)NCC(C)CC(C)O. The Labute approximate surface area is 121 Å². The van der Waals surface area contributed by atoms with E-state index in [2.05, 4.69) is 10.4 Å². The van der Waals surface area contributed by atoms with Crippen LogP contribution in [0.2, 0.25) is 0 Å². The molecule has 2 N–H and O–H groups in total. The minimum absolute atomic E-state index is 0.0603. The maximum atomic E-state index is 11.8. The third-order valence-corrected chi connectivity index (χ3v) is 3.65. The zero-order chi connectivity index (χ0) is 15.3. The van der Waals surface area contributed by atoms with Crippen molar-refractivity contribution in [2.24, 2.45) is 13.0 Å². The third kappa shape index (κ3) is 4.96. The van der Waals surface area contributed by atoms with E-state index in [0.29, 0.717) is 25.3 Å². The first-order chi connectivity index (χ1) is 9.31. The largest absolute Gasteiger partial charge is 0.393 e. The maximum Gasteiger partial charge on any atom is 0.220 e. The number of aryl methyl sites for hydroxylation is 2. The molecule has 0 aliphatic rings. The standard InChI is InChI=1S/C15H27N3O2/c1-10(8-11(2)19)9-16-15(20)7-6-14-12(3)17-18(5)13(14)4/h10-11,19H,6-9H2,1-5H3,(H,16,20). The highest BCUT2D eigenvalue weighted by Gasteiger charge is 2.12. The van der Waals surface area contributed by atoms with Crippen LogP contribution >= 0.6 is 0 Å². The number of nitrogens with zero attached hydrogens (tertiary/aromatic N) is 2. The van der Waals surface area contributed by atoms with Crippen molar-refractivity contribution in [3.63, 3.8) is 0 Å². The lowest BCUT2D eigenvalue weighted by Crippen LogP contribution is -2.29. The molecule has 5 heteroatoms. The number of carbonyl (C=O) groups excluding carboxylic acids is 1. The minimum Gasteiger partial charge on any atom is -0.393 e. The van der Waals surface area contributed by atoms with Crippen LogP contribution in [0.1, 0.15) is 43.6 Å². The highest BCUT2D eigenvalue weighted by molar-refractivity contribution is 5.76. The normalized spacial score (nSPS) is 14.1. The number of amides is 1. The molecule has 5 nitrogen and oxygen atoms in total. The third-order valence-electron chi connectivity index (χ3n) is 3.65. The van der Waals surface area contributed by atoms with E-state index in [-0.39, 0.29) is 12.0 Å². The highest BCUT2D eigenvalue weighted by Crippen LogP contribution is 2.14. The van der Waals surface area contributed by atoms with Crippen LogP contribution in [0.25, 0.3) is 0 Å². The molecule has 0 radical (unpaired) electrons. The van der Waals surface area contributed by atoms with E-state index in [1.54, 1.807) is 6.92 Å². The fourth-order valence-electron chi connectivity index (χ4n) is 2.46. The summed E-state index contributed by atoms with van der Waals surface area (Å²) in [6, 6.07) is 0. The molecule has 1 amide bonds. The maximum absolute atomic E-state index is 11.8. The molecule has 0 spiro atoms. The van der Waals surface area contributed by atoms with Gasteiger partial charge in [-0.05, 0) is 45.1 Å². The summed E-state index contributed by atoms with van der Waals surface area (Å²) in [5.41, 5.74) is 3.29. The Balaban J connectivity index is 2.36. The lowest BCUT2D eigenvalue weighted by Gasteiger charge is -2.14. The average Bonchev–Trinajstić information content (AvgIpc) is 2.58. The quantitative estimate of drug-likeness (QED) is 0.796. The van der Waals surface area contributed by atoms with E-state index in [0.717, 1.165) is 17.8 Å². The number of aromatic nitrogens is 2. The van der Waals surface area contributed by atoms with Gasteiger partial charge < -0.3 is 10.4 Å².